The van der Waals surface area contributed by atoms with Gasteiger partial charge in [-0.2, -0.15) is 0 Å². The molecule has 0 unspecified atom stereocenters. The monoisotopic (exact) mass is 270 g/mol. The molecule has 2 atom stereocenters. The number of benzene rings is 1. The van der Waals surface area contributed by atoms with Crippen molar-refractivity contribution in [1.29, 1.82) is 0 Å². The molecular weight excluding hydrogens is 259 g/mol. The Labute approximate surface area is 147 Å². The number of carboxylic acid groups (broad SMARTS) is 1. The number of carboxylic acids is 1. The number of aliphatic hydroxyl groups excluding tert-OH is 2. The Morgan fingerprint density at radius 1 is 1.06 bits per heavy atom. The van der Waals surface area contributed by atoms with Crippen LogP contribution in [-0.2, 0) is 4.79 Å². The van der Waals surface area contributed by atoms with Crippen molar-refractivity contribution in [2.75, 3.05) is 0 Å². The molecule has 5 heteroatoms. The first-order valence-corrected chi connectivity index (χ1v) is 5.16. The molecule has 2 rings (SSSR count). The molecule has 0 aromatic heterocycles. The fourth-order valence-corrected chi connectivity index (χ4v) is 1.80. The van der Waals surface area contributed by atoms with Crippen LogP contribution in [0, 0.1) is 0 Å². The van der Waals surface area contributed by atoms with E-state index in [1.807, 2.05) is 6.07 Å². The van der Waals surface area contributed by atoms with Gasteiger partial charge in [0.15, 0.2) is 0 Å². The first kappa shape index (κ1) is 15.8. The number of carbonyl (C=O) groups excluding carboxylic acids is 1. The van der Waals surface area contributed by atoms with Crippen LogP contribution in [0.3, 0.4) is 0 Å². The van der Waals surface area contributed by atoms with E-state index in [4.69, 9.17) is 0 Å². The van der Waals surface area contributed by atoms with Crippen molar-refractivity contribution in [3.05, 3.63) is 53.6 Å². The quantitative estimate of drug-likeness (QED) is 0.546. The topological polar surface area (TPSA) is 80.6 Å². The molecular formula is C13H11KO4. The molecule has 0 fully saturated rings. The summed E-state index contributed by atoms with van der Waals surface area (Å²) in [5.41, 5.74) is 0.924. The molecule has 88 valence electrons. The van der Waals surface area contributed by atoms with E-state index in [2.05, 4.69) is 0 Å². The van der Waals surface area contributed by atoms with Gasteiger partial charge in [-0.25, -0.2) is 0 Å². The third-order valence-corrected chi connectivity index (χ3v) is 2.72. The van der Waals surface area contributed by atoms with Crippen LogP contribution in [0.15, 0.2) is 48.1 Å². The molecule has 1 aromatic rings. The van der Waals surface area contributed by atoms with Crippen LogP contribution in [0.5, 0.6) is 0 Å². The predicted octanol–water partition coefficient (Wildman–Crippen LogP) is -3.51. The van der Waals surface area contributed by atoms with Crippen LogP contribution in [0.4, 0.5) is 0 Å². The minimum atomic E-state index is -1.47. The largest absolute Gasteiger partial charge is 1.00 e. The summed E-state index contributed by atoms with van der Waals surface area (Å²) in [7, 11) is 0. The molecule has 0 saturated heterocycles. The fourth-order valence-electron chi connectivity index (χ4n) is 1.80. The van der Waals surface area contributed by atoms with Crippen molar-refractivity contribution in [3.8, 4) is 0 Å². The Bertz CT molecular complexity index is 493. The molecule has 0 spiro atoms. The Hall–Kier alpha value is -0.274. The summed E-state index contributed by atoms with van der Waals surface area (Å²) in [5, 5.41) is 30.2. The summed E-state index contributed by atoms with van der Waals surface area (Å²) in [5.74, 6) is -1.47. The number of rotatable bonds is 2. The van der Waals surface area contributed by atoms with Crippen molar-refractivity contribution in [1.82, 2.24) is 0 Å². The van der Waals surface area contributed by atoms with E-state index >= 15 is 0 Å². The molecule has 18 heavy (non-hydrogen) atoms. The molecule has 1 aromatic carbocycles. The summed E-state index contributed by atoms with van der Waals surface area (Å²) in [6.07, 6.45) is 0.0305. The zero-order chi connectivity index (χ0) is 12.4. The molecule has 0 saturated carbocycles. The van der Waals surface area contributed by atoms with Gasteiger partial charge < -0.3 is 20.1 Å². The van der Waals surface area contributed by atoms with Gasteiger partial charge in [0.25, 0.3) is 0 Å². The third-order valence-electron chi connectivity index (χ3n) is 2.72. The summed E-state index contributed by atoms with van der Waals surface area (Å²) in [6, 6.07) is 8.98. The third kappa shape index (κ3) is 3.18. The second-order valence-corrected chi connectivity index (χ2v) is 3.79. The summed E-state index contributed by atoms with van der Waals surface area (Å²) < 4.78 is 0. The number of carbonyl (C=O) groups is 1. The zero-order valence-electron chi connectivity index (χ0n) is 9.91. The Balaban J connectivity index is 0.00000162. The number of hydrogen-bond acceptors (Lipinski definition) is 4. The Morgan fingerprint density at radius 3 is 2.22 bits per heavy atom. The van der Waals surface area contributed by atoms with E-state index in [1.54, 1.807) is 24.3 Å². The van der Waals surface area contributed by atoms with Gasteiger partial charge in [-0.15, -0.1) is 0 Å². The van der Waals surface area contributed by atoms with E-state index in [1.165, 1.54) is 12.2 Å². The van der Waals surface area contributed by atoms with Gasteiger partial charge in [0.2, 0.25) is 0 Å². The zero-order valence-corrected chi connectivity index (χ0v) is 13.0. The summed E-state index contributed by atoms with van der Waals surface area (Å²) in [4.78, 5) is 10.7. The van der Waals surface area contributed by atoms with E-state index in [0.29, 0.717) is 5.57 Å². The summed E-state index contributed by atoms with van der Waals surface area (Å²) in [6.45, 7) is 0. The molecule has 0 aliphatic heterocycles. The van der Waals surface area contributed by atoms with Crippen molar-refractivity contribution >= 4 is 11.5 Å². The molecule has 0 heterocycles. The minimum Gasteiger partial charge on any atom is -0.545 e. The normalized spacial score (nSPS) is 22.6. The number of hydrogen-bond donors (Lipinski definition) is 2. The second-order valence-electron chi connectivity index (χ2n) is 3.79. The van der Waals surface area contributed by atoms with E-state index in [0.717, 1.165) is 5.56 Å². The summed E-state index contributed by atoms with van der Waals surface area (Å²) >= 11 is 0. The average Bonchev–Trinajstić information content (AvgIpc) is 2.33. The van der Waals surface area contributed by atoms with Gasteiger partial charge in [-0.1, -0.05) is 42.5 Å². The number of allylic oxidation sites excluding steroid dienone is 2. The molecule has 0 bridgehead atoms. The Morgan fingerprint density at radius 2 is 1.67 bits per heavy atom. The van der Waals surface area contributed by atoms with Gasteiger partial charge in [-0.05, 0) is 11.1 Å². The maximum absolute atomic E-state index is 10.7. The molecule has 0 radical (unpaired) electrons. The van der Waals surface area contributed by atoms with Gasteiger partial charge in [0.1, 0.15) is 12.2 Å². The van der Waals surface area contributed by atoms with Crippen molar-refractivity contribution in [2.24, 2.45) is 0 Å². The molecule has 4 nitrogen and oxygen atoms in total. The van der Waals surface area contributed by atoms with Crippen LogP contribution >= 0.6 is 0 Å². The van der Waals surface area contributed by atoms with E-state index < -0.39 is 18.2 Å². The predicted molar refractivity (Wildman–Crippen MR) is 59.5 cm³/mol. The van der Waals surface area contributed by atoms with Crippen LogP contribution < -0.4 is 56.5 Å². The Kier molecular flexibility index (Phi) is 5.93. The average molecular weight is 270 g/mol. The fraction of sp³-hybridized carbons (Fsp3) is 0.154. The second kappa shape index (κ2) is 6.77. The SMILES string of the molecule is O=C([O-])C1=CC=C(c2ccccc2)[C@H](O)[C@@H]1O.[K+]. The van der Waals surface area contributed by atoms with Gasteiger partial charge in [-0.3, -0.25) is 0 Å². The minimum absolute atomic E-state index is 0. The smallest absolute Gasteiger partial charge is 0.545 e. The molecule has 0 amide bonds. The maximum atomic E-state index is 10.7. The number of aliphatic carboxylic acids is 1. The first-order chi connectivity index (χ1) is 8.11. The van der Waals surface area contributed by atoms with Gasteiger partial charge >= 0.3 is 51.4 Å². The van der Waals surface area contributed by atoms with Gasteiger partial charge in [0.05, 0.1) is 5.97 Å². The van der Waals surface area contributed by atoms with Crippen LogP contribution in [0.25, 0.3) is 5.57 Å². The van der Waals surface area contributed by atoms with Crippen molar-refractivity contribution in [2.45, 2.75) is 12.2 Å². The molecule has 2 N–H and O–H groups in total. The van der Waals surface area contributed by atoms with E-state index in [9.17, 15) is 20.1 Å². The van der Waals surface area contributed by atoms with E-state index in [-0.39, 0.29) is 57.0 Å². The number of aliphatic hydroxyl groups is 2. The van der Waals surface area contributed by atoms with Crippen molar-refractivity contribution in [3.63, 3.8) is 0 Å². The standard InChI is InChI=1S/C13H12O4.K/c14-11-9(8-4-2-1-3-5-8)6-7-10(12(11)15)13(16)17;/h1-7,11-12,14-15H,(H,16,17);/q;+1/p-1/t11-,12+;/m0./s1. The van der Waals surface area contributed by atoms with Gasteiger partial charge in [0, 0.05) is 5.57 Å². The molecule has 1 aliphatic carbocycles. The first-order valence-electron chi connectivity index (χ1n) is 5.16. The van der Waals surface area contributed by atoms with Crippen LogP contribution in [0.2, 0.25) is 0 Å². The van der Waals surface area contributed by atoms with Crippen molar-refractivity contribution < 1.29 is 71.5 Å². The van der Waals surface area contributed by atoms with Crippen LogP contribution in [-0.4, -0.2) is 28.4 Å². The molecule has 1 aliphatic rings. The maximum Gasteiger partial charge on any atom is 1.00 e. The van der Waals surface area contributed by atoms with Crippen LogP contribution in [0.1, 0.15) is 5.56 Å².